The van der Waals surface area contributed by atoms with Gasteiger partial charge in [0, 0.05) is 5.56 Å². The van der Waals surface area contributed by atoms with Crippen molar-refractivity contribution in [3.8, 4) is 0 Å². The molecule has 1 saturated heterocycles. The van der Waals surface area contributed by atoms with Gasteiger partial charge in [0.1, 0.15) is 5.82 Å². The highest BCUT2D eigenvalue weighted by Gasteiger charge is 2.18. The highest BCUT2D eigenvalue weighted by atomic mass is 32.2. The van der Waals surface area contributed by atoms with Crippen LogP contribution in [0.15, 0.2) is 28.4 Å². The first kappa shape index (κ1) is 13.7. The van der Waals surface area contributed by atoms with Crippen LogP contribution in [-0.2, 0) is 4.79 Å². The lowest BCUT2D eigenvalue weighted by Gasteiger charge is -2.04. The van der Waals surface area contributed by atoms with Crippen LogP contribution >= 0.6 is 11.8 Å². The maximum absolute atomic E-state index is 13.5. The first-order chi connectivity index (χ1) is 9.08. The Hall–Kier alpha value is -1.71. The second kappa shape index (κ2) is 5.96. The zero-order valence-electron chi connectivity index (χ0n) is 9.58. The molecule has 0 spiro atoms. The third kappa shape index (κ3) is 3.40. The maximum Gasteiger partial charge on any atom is 0.489 e. The molecule has 6 nitrogen and oxygen atoms in total. The van der Waals surface area contributed by atoms with Crippen LogP contribution in [-0.4, -0.2) is 40.2 Å². The Bertz CT molecular complexity index is 565. The molecule has 0 unspecified atom stereocenters. The van der Waals surface area contributed by atoms with Gasteiger partial charge >= 0.3 is 7.12 Å². The van der Waals surface area contributed by atoms with E-state index in [2.05, 4.69) is 15.5 Å². The van der Waals surface area contributed by atoms with Crippen molar-refractivity contribution in [2.75, 3.05) is 5.75 Å². The van der Waals surface area contributed by atoms with Crippen molar-refractivity contribution in [3.63, 3.8) is 0 Å². The summed E-state index contributed by atoms with van der Waals surface area (Å²) in [6, 6.07) is 3.90. The van der Waals surface area contributed by atoms with Gasteiger partial charge in [-0.15, -0.1) is 5.10 Å². The zero-order valence-corrected chi connectivity index (χ0v) is 10.4. The molecule has 1 heterocycles. The summed E-state index contributed by atoms with van der Waals surface area (Å²) in [4.78, 5) is 10.9. The summed E-state index contributed by atoms with van der Waals surface area (Å²) in [6.07, 6.45) is 1.07. The van der Waals surface area contributed by atoms with E-state index >= 15 is 0 Å². The molecule has 1 amide bonds. The molecule has 1 aliphatic rings. The van der Waals surface area contributed by atoms with Crippen molar-refractivity contribution in [2.24, 2.45) is 10.2 Å². The maximum atomic E-state index is 13.5. The van der Waals surface area contributed by atoms with Crippen LogP contribution in [0.2, 0.25) is 0 Å². The molecule has 19 heavy (non-hydrogen) atoms. The van der Waals surface area contributed by atoms with Crippen LogP contribution in [0.3, 0.4) is 0 Å². The molecule has 1 fully saturated rings. The topological polar surface area (TPSA) is 94.3 Å². The molecule has 1 aromatic carbocycles. The molecular weight excluding hydrogens is 272 g/mol. The summed E-state index contributed by atoms with van der Waals surface area (Å²) in [7, 11) is -1.80. The summed E-state index contributed by atoms with van der Waals surface area (Å²) in [5, 5.41) is 28.3. The van der Waals surface area contributed by atoms with Gasteiger partial charge in [-0.05, 0) is 11.5 Å². The van der Waals surface area contributed by atoms with Crippen molar-refractivity contribution in [1.82, 2.24) is 5.32 Å². The van der Waals surface area contributed by atoms with E-state index < -0.39 is 12.9 Å². The number of amidine groups is 1. The highest BCUT2D eigenvalue weighted by molar-refractivity contribution is 8.15. The van der Waals surface area contributed by atoms with E-state index in [1.807, 2.05) is 0 Å². The largest absolute Gasteiger partial charge is 0.489 e. The lowest BCUT2D eigenvalue weighted by molar-refractivity contribution is -0.116. The van der Waals surface area contributed by atoms with E-state index in [1.54, 1.807) is 0 Å². The predicted molar refractivity (Wildman–Crippen MR) is 71.9 cm³/mol. The second-order valence-corrected chi connectivity index (χ2v) is 4.57. The molecule has 1 aliphatic heterocycles. The van der Waals surface area contributed by atoms with Crippen molar-refractivity contribution in [3.05, 3.63) is 29.6 Å². The van der Waals surface area contributed by atoms with Gasteiger partial charge in [0.25, 0.3) is 0 Å². The molecule has 1 aromatic rings. The third-order valence-electron chi connectivity index (χ3n) is 2.29. The summed E-state index contributed by atoms with van der Waals surface area (Å²) in [6.45, 7) is 0. The monoisotopic (exact) mass is 281 g/mol. The van der Waals surface area contributed by atoms with E-state index in [0.29, 0.717) is 5.17 Å². The average Bonchev–Trinajstić information content (AvgIpc) is 2.77. The van der Waals surface area contributed by atoms with Gasteiger partial charge < -0.3 is 15.4 Å². The molecule has 0 aliphatic carbocycles. The Morgan fingerprint density at radius 3 is 2.89 bits per heavy atom. The minimum Gasteiger partial charge on any atom is -0.423 e. The Kier molecular flexibility index (Phi) is 4.30. The highest BCUT2D eigenvalue weighted by Crippen LogP contribution is 2.09. The Balaban J connectivity index is 2.21. The first-order valence-corrected chi connectivity index (χ1v) is 6.24. The van der Waals surface area contributed by atoms with Gasteiger partial charge in [0.15, 0.2) is 5.17 Å². The van der Waals surface area contributed by atoms with Crippen LogP contribution in [0.5, 0.6) is 0 Å². The van der Waals surface area contributed by atoms with Crippen LogP contribution in [0.4, 0.5) is 4.39 Å². The molecule has 0 aromatic heterocycles. The first-order valence-electron chi connectivity index (χ1n) is 5.26. The molecule has 0 saturated carbocycles. The third-order valence-corrected chi connectivity index (χ3v) is 3.15. The SMILES string of the molecule is O=C1CSC(=NN=Cc2c(F)cccc2B(O)O)N1. The molecule has 0 radical (unpaired) electrons. The lowest BCUT2D eigenvalue weighted by atomic mass is 9.77. The quantitative estimate of drug-likeness (QED) is 0.378. The fourth-order valence-electron chi connectivity index (χ4n) is 1.43. The van der Waals surface area contributed by atoms with Crippen LogP contribution < -0.4 is 10.8 Å². The van der Waals surface area contributed by atoms with Crippen molar-refractivity contribution < 1.29 is 19.2 Å². The fraction of sp³-hybridized carbons (Fsp3) is 0.100. The van der Waals surface area contributed by atoms with E-state index in [-0.39, 0.29) is 22.7 Å². The molecule has 9 heteroatoms. The number of halogens is 1. The summed E-state index contributed by atoms with van der Waals surface area (Å²) in [5.41, 5.74) is -0.0664. The molecule has 0 bridgehead atoms. The molecular formula is C10H9BFN3O3S. The van der Waals surface area contributed by atoms with E-state index in [9.17, 15) is 9.18 Å². The van der Waals surface area contributed by atoms with Crippen LogP contribution in [0, 0.1) is 5.82 Å². The summed E-state index contributed by atoms with van der Waals surface area (Å²) < 4.78 is 13.5. The standard InChI is InChI=1S/C10H9BFN3O3S/c12-8-3-1-2-7(11(17)18)6(8)4-13-15-10-14-9(16)5-19-10/h1-4,17-18H,5H2,(H,14,15,16). The van der Waals surface area contributed by atoms with Gasteiger partial charge in [-0.2, -0.15) is 5.10 Å². The molecule has 98 valence electrons. The number of nitrogens with one attached hydrogen (secondary N) is 1. The van der Waals surface area contributed by atoms with Gasteiger partial charge in [0.05, 0.1) is 12.0 Å². The number of carbonyl (C=O) groups is 1. The van der Waals surface area contributed by atoms with Gasteiger partial charge in [-0.3, -0.25) is 4.79 Å². The smallest absolute Gasteiger partial charge is 0.423 e. The number of hydrogen-bond acceptors (Lipinski definition) is 6. The minimum atomic E-state index is -1.80. The Labute approximate surface area is 112 Å². The Morgan fingerprint density at radius 2 is 2.26 bits per heavy atom. The second-order valence-electron chi connectivity index (χ2n) is 3.60. The fourth-order valence-corrected chi connectivity index (χ4v) is 2.06. The summed E-state index contributed by atoms with van der Waals surface area (Å²) >= 11 is 1.18. The summed E-state index contributed by atoms with van der Waals surface area (Å²) in [5.74, 6) is -0.539. The lowest BCUT2D eigenvalue weighted by Crippen LogP contribution is -2.33. The zero-order chi connectivity index (χ0) is 13.8. The van der Waals surface area contributed by atoms with Crippen molar-refractivity contribution in [1.29, 1.82) is 0 Å². The average molecular weight is 281 g/mol. The Morgan fingerprint density at radius 1 is 1.47 bits per heavy atom. The van der Waals surface area contributed by atoms with Crippen molar-refractivity contribution >= 4 is 41.6 Å². The number of benzene rings is 1. The number of nitrogens with zero attached hydrogens (tertiary/aromatic N) is 2. The normalized spacial score (nSPS) is 17.2. The van der Waals surface area contributed by atoms with Gasteiger partial charge in [0.2, 0.25) is 5.91 Å². The molecule has 2 rings (SSSR count). The van der Waals surface area contributed by atoms with Crippen LogP contribution in [0.1, 0.15) is 5.56 Å². The van der Waals surface area contributed by atoms with E-state index in [1.165, 1.54) is 30.0 Å². The number of hydrogen-bond donors (Lipinski definition) is 3. The van der Waals surface area contributed by atoms with Gasteiger partial charge in [-0.1, -0.05) is 23.9 Å². The van der Waals surface area contributed by atoms with Gasteiger partial charge in [-0.25, -0.2) is 4.39 Å². The number of thioether (sulfide) groups is 1. The number of carbonyl (C=O) groups excluding carboxylic acids is 1. The number of amides is 1. The predicted octanol–water partition coefficient (Wildman–Crippen LogP) is -0.942. The number of rotatable bonds is 3. The van der Waals surface area contributed by atoms with Crippen LogP contribution in [0.25, 0.3) is 0 Å². The van der Waals surface area contributed by atoms with E-state index in [4.69, 9.17) is 10.0 Å². The minimum absolute atomic E-state index is 0.00735. The molecule has 3 N–H and O–H groups in total. The molecule has 0 atom stereocenters. The van der Waals surface area contributed by atoms with E-state index in [0.717, 1.165) is 6.21 Å². The van der Waals surface area contributed by atoms with Crippen molar-refractivity contribution in [2.45, 2.75) is 0 Å².